The van der Waals surface area contributed by atoms with Gasteiger partial charge in [0, 0.05) is 46.5 Å². The summed E-state index contributed by atoms with van der Waals surface area (Å²) in [4.78, 5) is 34.3. The molecule has 0 aliphatic heterocycles. The van der Waals surface area contributed by atoms with Crippen LogP contribution in [0.1, 0.15) is 76.7 Å². The number of aromatic nitrogens is 1. The summed E-state index contributed by atoms with van der Waals surface area (Å²) in [5.74, 6) is 1.31. The van der Waals surface area contributed by atoms with E-state index in [1.165, 1.54) is 14.2 Å². The number of carbonyl (C=O) groups excluding carboxylic acids is 2. The van der Waals surface area contributed by atoms with Crippen LogP contribution in [0.25, 0.3) is 0 Å². The standard InChI is InChI=1S/C24H33N3O7/c1-7-23(2,3)18(9-10-21(28)32-5)19-14-20(34-26-19)24(4,11-8-12-25)15-17(16-27(30)31)13-22(29)33-6/h1,14,17-18H,8-11,13,15-16H2,2-6H3/t17-,18-,24-/m1/s1. The Kier molecular flexibility index (Phi) is 10.7. The predicted molar refractivity (Wildman–Crippen MR) is 122 cm³/mol. The SMILES string of the molecule is C#CC(C)(C)[C@H](CCC(=O)OC)c1cc([C@](C)(CCC#N)C[C@@H](CC(=O)OC)C[N+](=O)[O-])on1. The third-order valence-corrected chi connectivity index (χ3v) is 6.21. The van der Waals surface area contributed by atoms with E-state index in [0.29, 0.717) is 24.3 Å². The Morgan fingerprint density at radius 2 is 1.94 bits per heavy atom. The monoisotopic (exact) mass is 475 g/mol. The van der Waals surface area contributed by atoms with Crippen LogP contribution >= 0.6 is 0 Å². The fourth-order valence-electron chi connectivity index (χ4n) is 4.11. The van der Waals surface area contributed by atoms with Gasteiger partial charge in [-0.3, -0.25) is 19.7 Å². The van der Waals surface area contributed by atoms with Crippen LogP contribution in [-0.4, -0.2) is 42.8 Å². The summed E-state index contributed by atoms with van der Waals surface area (Å²) in [7, 11) is 2.54. The van der Waals surface area contributed by atoms with Crippen LogP contribution in [0.3, 0.4) is 0 Å². The zero-order valence-corrected chi connectivity index (χ0v) is 20.5. The first-order valence-electron chi connectivity index (χ1n) is 11.0. The molecule has 0 aromatic carbocycles. The quantitative estimate of drug-likeness (QED) is 0.170. The molecule has 10 heteroatoms. The Labute approximate surface area is 200 Å². The van der Waals surface area contributed by atoms with Crippen LogP contribution in [-0.2, 0) is 24.5 Å². The number of hydrogen-bond donors (Lipinski definition) is 0. The van der Waals surface area contributed by atoms with E-state index in [1.54, 1.807) is 6.07 Å². The molecule has 0 fully saturated rings. The molecule has 1 heterocycles. The second-order valence-electron chi connectivity index (χ2n) is 9.23. The summed E-state index contributed by atoms with van der Waals surface area (Å²) in [6.07, 6.45) is 6.88. The molecule has 0 unspecified atom stereocenters. The highest BCUT2D eigenvalue weighted by Gasteiger charge is 2.38. The molecular weight excluding hydrogens is 442 g/mol. The van der Waals surface area contributed by atoms with Crippen molar-refractivity contribution in [3.8, 4) is 18.4 Å². The molecule has 3 atom stereocenters. The van der Waals surface area contributed by atoms with Crippen molar-refractivity contribution in [3.05, 3.63) is 27.6 Å². The number of ether oxygens (including phenoxy) is 2. The molecule has 1 aromatic rings. The lowest BCUT2D eigenvalue weighted by Crippen LogP contribution is -2.30. The van der Waals surface area contributed by atoms with Crippen molar-refractivity contribution in [1.82, 2.24) is 5.16 Å². The largest absolute Gasteiger partial charge is 0.469 e. The molecule has 0 spiro atoms. The smallest absolute Gasteiger partial charge is 0.306 e. The van der Waals surface area contributed by atoms with Gasteiger partial charge in [-0.25, -0.2) is 0 Å². The molecule has 1 aromatic heterocycles. The number of esters is 2. The third-order valence-electron chi connectivity index (χ3n) is 6.21. The molecule has 34 heavy (non-hydrogen) atoms. The fraction of sp³-hybridized carbons (Fsp3) is 0.667. The van der Waals surface area contributed by atoms with Crippen LogP contribution < -0.4 is 0 Å². The van der Waals surface area contributed by atoms with Crippen LogP contribution in [0.4, 0.5) is 0 Å². The van der Waals surface area contributed by atoms with Gasteiger partial charge in [0.2, 0.25) is 6.54 Å². The molecule has 0 N–H and O–H groups in total. The lowest BCUT2D eigenvalue weighted by atomic mass is 9.72. The maximum atomic E-state index is 11.8. The molecule has 1 rings (SSSR count). The summed E-state index contributed by atoms with van der Waals surface area (Å²) in [6, 6.07) is 3.83. The Balaban J connectivity index is 3.34. The van der Waals surface area contributed by atoms with E-state index in [1.807, 2.05) is 20.8 Å². The topological polar surface area (TPSA) is 146 Å². The maximum Gasteiger partial charge on any atom is 0.306 e. The van der Waals surface area contributed by atoms with E-state index in [2.05, 4.69) is 17.1 Å². The summed E-state index contributed by atoms with van der Waals surface area (Å²) in [6.45, 7) is 5.13. The number of nitro groups is 1. The van der Waals surface area contributed by atoms with Gasteiger partial charge in [-0.05, 0) is 33.1 Å². The number of nitrogens with zero attached hydrogens (tertiary/aromatic N) is 3. The van der Waals surface area contributed by atoms with Gasteiger partial charge in [-0.2, -0.15) is 5.26 Å². The van der Waals surface area contributed by atoms with Gasteiger partial charge in [0.25, 0.3) is 0 Å². The second kappa shape index (κ2) is 12.7. The summed E-state index contributed by atoms with van der Waals surface area (Å²) < 4.78 is 15.1. The van der Waals surface area contributed by atoms with Crippen LogP contribution in [0, 0.1) is 45.1 Å². The zero-order valence-electron chi connectivity index (χ0n) is 20.5. The van der Waals surface area contributed by atoms with Crippen molar-refractivity contribution in [2.45, 2.75) is 70.6 Å². The second-order valence-corrected chi connectivity index (χ2v) is 9.23. The molecule has 0 amide bonds. The molecule has 0 saturated carbocycles. The van der Waals surface area contributed by atoms with Crippen molar-refractivity contribution in [1.29, 1.82) is 5.26 Å². The number of methoxy groups -OCH3 is 2. The van der Waals surface area contributed by atoms with Crippen LogP contribution in [0.2, 0.25) is 0 Å². The van der Waals surface area contributed by atoms with E-state index >= 15 is 0 Å². The molecular formula is C24H33N3O7. The first kappa shape index (κ1) is 28.6. The lowest BCUT2D eigenvalue weighted by Gasteiger charge is -2.29. The minimum Gasteiger partial charge on any atom is -0.469 e. The van der Waals surface area contributed by atoms with Crippen molar-refractivity contribution >= 4 is 11.9 Å². The molecule has 0 bridgehead atoms. The van der Waals surface area contributed by atoms with Crippen molar-refractivity contribution in [3.63, 3.8) is 0 Å². The van der Waals surface area contributed by atoms with Crippen LogP contribution in [0.5, 0.6) is 0 Å². The Morgan fingerprint density at radius 1 is 1.29 bits per heavy atom. The average molecular weight is 476 g/mol. The number of hydrogen-bond acceptors (Lipinski definition) is 9. The van der Waals surface area contributed by atoms with E-state index in [4.69, 9.17) is 20.4 Å². The van der Waals surface area contributed by atoms with E-state index < -0.39 is 34.2 Å². The van der Waals surface area contributed by atoms with Gasteiger partial charge in [-0.15, -0.1) is 6.42 Å². The third kappa shape index (κ3) is 8.18. The molecule has 0 saturated heterocycles. The Bertz CT molecular complexity index is 941. The van der Waals surface area contributed by atoms with E-state index in [9.17, 15) is 25.0 Å². The number of terminal acetylenes is 1. The highest BCUT2D eigenvalue weighted by Crippen LogP contribution is 2.42. The molecule has 0 aliphatic carbocycles. The molecule has 0 aliphatic rings. The molecule has 10 nitrogen and oxygen atoms in total. The first-order valence-corrected chi connectivity index (χ1v) is 11.0. The van der Waals surface area contributed by atoms with Crippen molar-refractivity contribution < 1.29 is 28.5 Å². The Hall–Kier alpha value is -3.40. The van der Waals surface area contributed by atoms with Gasteiger partial charge in [0.15, 0.2) is 0 Å². The van der Waals surface area contributed by atoms with Gasteiger partial charge in [0.05, 0.1) is 32.4 Å². The summed E-state index contributed by atoms with van der Waals surface area (Å²) in [5, 5.41) is 24.6. The normalized spacial score (nSPS) is 14.7. The Morgan fingerprint density at radius 3 is 2.47 bits per heavy atom. The minimum atomic E-state index is -0.803. The highest BCUT2D eigenvalue weighted by atomic mass is 16.6. The highest BCUT2D eigenvalue weighted by molar-refractivity contribution is 5.69. The van der Waals surface area contributed by atoms with Crippen molar-refractivity contribution in [2.24, 2.45) is 11.3 Å². The van der Waals surface area contributed by atoms with Gasteiger partial charge < -0.3 is 14.0 Å². The summed E-state index contributed by atoms with van der Waals surface area (Å²) >= 11 is 0. The summed E-state index contributed by atoms with van der Waals surface area (Å²) in [5.41, 5.74) is -0.906. The van der Waals surface area contributed by atoms with Gasteiger partial charge in [-0.1, -0.05) is 18.0 Å². The first-order chi connectivity index (χ1) is 15.9. The van der Waals surface area contributed by atoms with Gasteiger partial charge >= 0.3 is 11.9 Å². The fourth-order valence-corrected chi connectivity index (χ4v) is 4.11. The van der Waals surface area contributed by atoms with E-state index in [-0.39, 0.29) is 37.6 Å². The lowest BCUT2D eigenvalue weighted by molar-refractivity contribution is -0.488. The maximum absolute atomic E-state index is 11.8. The average Bonchev–Trinajstić information content (AvgIpc) is 3.27. The molecule has 186 valence electrons. The van der Waals surface area contributed by atoms with E-state index in [0.717, 1.165) is 0 Å². The van der Waals surface area contributed by atoms with Crippen molar-refractivity contribution in [2.75, 3.05) is 20.8 Å². The number of rotatable bonds is 14. The van der Waals surface area contributed by atoms with Gasteiger partial charge in [0.1, 0.15) is 5.76 Å². The number of nitriles is 1. The predicted octanol–water partition coefficient (Wildman–Crippen LogP) is 3.78. The molecule has 0 radical (unpaired) electrons. The number of carbonyl (C=O) groups is 2. The minimum absolute atomic E-state index is 0.132. The van der Waals surface area contributed by atoms with Crippen LogP contribution in [0.15, 0.2) is 10.6 Å². The zero-order chi connectivity index (χ0) is 25.9.